The fourth-order valence-electron chi connectivity index (χ4n) is 4.33. The van der Waals surface area contributed by atoms with E-state index in [9.17, 15) is 18.0 Å². The number of nitrogens with one attached hydrogen (secondary N) is 2. The molecule has 2 aromatic carbocycles. The van der Waals surface area contributed by atoms with Gasteiger partial charge in [-0.05, 0) is 47.7 Å². The Labute approximate surface area is 186 Å². The maximum absolute atomic E-state index is 13.4. The van der Waals surface area contributed by atoms with E-state index in [2.05, 4.69) is 15.4 Å². The molecule has 4 nitrogen and oxygen atoms in total. The van der Waals surface area contributed by atoms with Crippen molar-refractivity contribution in [1.29, 1.82) is 0 Å². The highest BCUT2D eigenvalue weighted by molar-refractivity contribution is 7.10. The molecule has 32 heavy (non-hydrogen) atoms. The quantitative estimate of drug-likeness (QED) is 0.465. The van der Waals surface area contributed by atoms with Crippen LogP contribution in [0.3, 0.4) is 0 Å². The summed E-state index contributed by atoms with van der Waals surface area (Å²) in [5.41, 5.74) is 3.84. The molecule has 0 saturated heterocycles. The molecule has 0 radical (unpaired) electrons. The second kappa shape index (κ2) is 8.02. The van der Waals surface area contributed by atoms with Gasteiger partial charge in [0.25, 0.3) is 0 Å². The number of ether oxygens (including phenoxy) is 1. The average molecular weight is 456 g/mol. The van der Waals surface area contributed by atoms with Crippen LogP contribution in [0.25, 0.3) is 0 Å². The molecule has 1 aliphatic carbocycles. The summed E-state index contributed by atoms with van der Waals surface area (Å²) in [5, 5.41) is 8.88. The second-order valence-corrected chi connectivity index (χ2v) is 8.78. The molecule has 0 bridgehead atoms. The number of rotatable bonds is 3. The third-order valence-electron chi connectivity index (χ3n) is 5.70. The zero-order valence-electron chi connectivity index (χ0n) is 16.8. The number of carbonyl (C=O) groups excluding carboxylic acids is 1. The van der Waals surface area contributed by atoms with Gasteiger partial charge in [0.1, 0.15) is 5.75 Å². The maximum atomic E-state index is 13.4. The van der Waals surface area contributed by atoms with Crippen LogP contribution in [0.2, 0.25) is 0 Å². The summed E-state index contributed by atoms with van der Waals surface area (Å²) in [4.78, 5) is 14.5. The Morgan fingerprint density at radius 3 is 2.38 bits per heavy atom. The number of hydrogen-bond acceptors (Lipinski definition) is 5. The predicted octanol–water partition coefficient (Wildman–Crippen LogP) is 6.63. The molecule has 0 spiro atoms. The number of halogens is 3. The van der Waals surface area contributed by atoms with Crippen LogP contribution >= 0.6 is 11.3 Å². The molecule has 8 heteroatoms. The van der Waals surface area contributed by atoms with Gasteiger partial charge in [0.15, 0.2) is 5.78 Å². The summed E-state index contributed by atoms with van der Waals surface area (Å²) >= 11 is 1.64. The van der Waals surface area contributed by atoms with Gasteiger partial charge in [0, 0.05) is 28.5 Å². The van der Waals surface area contributed by atoms with Crippen LogP contribution in [0.1, 0.15) is 35.2 Å². The molecule has 0 unspecified atom stereocenters. The van der Waals surface area contributed by atoms with Gasteiger partial charge in [-0.15, -0.1) is 24.5 Å². The Kier molecular flexibility index (Phi) is 5.17. The zero-order valence-corrected chi connectivity index (χ0v) is 17.6. The lowest BCUT2D eigenvalue weighted by atomic mass is 9.81. The van der Waals surface area contributed by atoms with Gasteiger partial charge in [-0.2, -0.15) is 0 Å². The van der Waals surface area contributed by atoms with Crippen molar-refractivity contribution >= 4 is 28.5 Å². The van der Waals surface area contributed by atoms with E-state index in [0.29, 0.717) is 24.0 Å². The molecule has 0 fully saturated rings. The Balaban J connectivity index is 1.55. The van der Waals surface area contributed by atoms with Crippen LogP contribution in [-0.4, -0.2) is 12.1 Å². The SMILES string of the molecule is O=C1C[C@@H](c2cccs2)CC2=C1[C@@H](c1ccc(OC(F)(F)F)cc1)Nc1ccccc1N2. The number of fused-ring (bicyclic) bond motifs is 1. The molecule has 2 heterocycles. The molecule has 3 aromatic rings. The first-order chi connectivity index (χ1) is 15.4. The van der Waals surface area contributed by atoms with E-state index in [1.54, 1.807) is 23.5 Å². The highest BCUT2D eigenvalue weighted by Gasteiger charge is 2.36. The lowest BCUT2D eigenvalue weighted by molar-refractivity contribution is -0.274. The zero-order chi connectivity index (χ0) is 22.3. The van der Waals surface area contributed by atoms with E-state index >= 15 is 0 Å². The third kappa shape index (κ3) is 4.10. The Bertz CT molecular complexity index is 1170. The summed E-state index contributed by atoms with van der Waals surface area (Å²) in [6.45, 7) is 0. The van der Waals surface area contributed by atoms with Gasteiger partial charge < -0.3 is 15.4 Å². The molecule has 0 saturated carbocycles. The first kappa shape index (κ1) is 20.6. The number of benzene rings is 2. The van der Waals surface area contributed by atoms with E-state index in [1.807, 2.05) is 41.8 Å². The topological polar surface area (TPSA) is 50.4 Å². The van der Waals surface area contributed by atoms with E-state index in [0.717, 1.165) is 17.1 Å². The molecule has 0 amide bonds. The second-order valence-electron chi connectivity index (χ2n) is 7.80. The summed E-state index contributed by atoms with van der Waals surface area (Å²) in [6, 6.07) is 16.9. The van der Waals surface area contributed by atoms with E-state index in [1.165, 1.54) is 17.0 Å². The van der Waals surface area contributed by atoms with Crippen LogP contribution in [0.15, 0.2) is 77.3 Å². The molecule has 164 valence electrons. The number of ketones is 1. The maximum Gasteiger partial charge on any atom is 0.573 e. The normalized spacial score (nSPS) is 20.5. The van der Waals surface area contributed by atoms with Crippen LogP contribution in [0.5, 0.6) is 5.75 Å². The molecule has 1 aromatic heterocycles. The Morgan fingerprint density at radius 2 is 1.69 bits per heavy atom. The lowest BCUT2D eigenvalue weighted by Gasteiger charge is -2.29. The van der Waals surface area contributed by atoms with Crippen LogP contribution in [0.4, 0.5) is 24.5 Å². The van der Waals surface area contributed by atoms with Crippen LogP contribution in [-0.2, 0) is 4.79 Å². The predicted molar refractivity (Wildman–Crippen MR) is 118 cm³/mol. The highest BCUT2D eigenvalue weighted by Crippen LogP contribution is 2.45. The van der Waals surface area contributed by atoms with Crippen molar-refractivity contribution in [2.24, 2.45) is 0 Å². The Hall–Kier alpha value is -3.26. The minimum absolute atomic E-state index is 0.0260. The van der Waals surface area contributed by atoms with Gasteiger partial charge in [0.2, 0.25) is 0 Å². The first-order valence-corrected chi connectivity index (χ1v) is 11.0. The third-order valence-corrected chi connectivity index (χ3v) is 6.74. The number of hydrogen-bond donors (Lipinski definition) is 2. The number of allylic oxidation sites excluding steroid dienone is 1. The van der Waals surface area contributed by atoms with Gasteiger partial charge in [-0.1, -0.05) is 30.3 Å². The number of Topliss-reactive ketones (excluding diaryl/α,β-unsaturated/α-hetero) is 1. The minimum atomic E-state index is -4.75. The lowest BCUT2D eigenvalue weighted by Crippen LogP contribution is -2.26. The monoisotopic (exact) mass is 456 g/mol. The van der Waals surface area contributed by atoms with Gasteiger partial charge in [0.05, 0.1) is 17.4 Å². The highest BCUT2D eigenvalue weighted by atomic mass is 32.1. The van der Waals surface area contributed by atoms with Crippen molar-refractivity contribution in [3.63, 3.8) is 0 Å². The molecule has 2 N–H and O–H groups in total. The fraction of sp³-hybridized carbons (Fsp3) is 0.208. The smallest absolute Gasteiger partial charge is 0.406 e. The van der Waals surface area contributed by atoms with Crippen molar-refractivity contribution in [1.82, 2.24) is 0 Å². The van der Waals surface area contributed by atoms with E-state index in [-0.39, 0.29) is 17.5 Å². The summed E-state index contributed by atoms with van der Waals surface area (Å²) in [7, 11) is 0. The molecule has 2 atom stereocenters. The summed E-state index contributed by atoms with van der Waals surface area (Å²) in [6.07, 6.45) is -3.68. The molecule has 5 rings (SSSR count). The van der Waals surface area contributed by atoms with Gasteiger partial charge >= 0.3 is 6.36 Å². The van der Waals surface area contributed by atoms with E-state index in [4.69, 9.17) is 0 Å². The average Bonchev–Trinajstić information content (AvgIpc) is 3.22. The standard InChI is InChI=1S/C24H19F3N2O2S/c25-24(26,27)31-16-9-7-14(8-10-16)23-22-19(28-17-4-1-2-5-18(17)29-23)12-15(13-20(22)30)21-6-3-11-32-21/h1-11,15,23,28-29H,12-13H2/t15-,23+/m0/s1. The summed E-state index contributed by atoms with van der Waals surface area (Å²) in [5.74, 6) is -0.171. The van der Waals surface area contributed by atoms with Crippen molar-refractivity contribution in [3.05, 3.63) is 87.8 Å². The minimum Gasteiger partial charge on any atom is -0.406 e. The number of anilines is 2. The molecule has 2 aliphatic rings. The molecule has 1 aliphatic heterocycles. The van der Waals surface area contributed by atoms with Crippen molar-refractivity contribution < 1.29 is 22.7 Å². The van der Waals surface area contributed by atoms with Crippen LogP contribution in [0, 0.1) is 0 Å². The largest absolute Gasteiger partial charge is 0.573 e. The van der Waals surface area contributed by atoms with Crippen molar-refractivity contribution in [2.45, 2.75) is 31.2 Å². The van der Waals surface area contributed by atoms with Gasteiger partial charge in [-0.25, -0.2) is 0 Å². The van der Waals surface area contributed by atoms with Crippen molar-refractivity contribution in [2.75, 3.05) is 10.6 Å². The molecular formula is C24H19F3N2O2S. The fourth-order valence-corrected chi connectivity index (χ4v) is 5.16. The number of thiophene rings is 1. The Morgan fingerprint density at radius 1 is 0.938 bits per heavy atom. The number of carbonyl (C=O) groups is 1. The van der Waals surface area contributed by atoms with Crippen LogP contribution < -0.4 is 15.4 Å². The van der Waals surface area contributed by atoms with Crippen molar-refractivity contribution in [3.8, 4) is 5.75 Å². The number of para-hydroxylation sites is 2. The first-order valence-electron chi connectivity index (χ1n) is 10.2. The van der Waals surface area contributed by atoms with E-state index < -0.39 is 12.4 Å². The number of alkyl halides is 3. The van der Waals surface area contributed by atoms with Gasteiger partial charge in [-0.3, -0.25) is 4.79 Å². The summed E-state index contributed by atoms with van der Waals surface area (Å²) < 4.78 is 41.6. The molecular weight excluding hydrogens is 437 g/mol.